The molecule has 0 fully saturated rings. The SMILES string of the molecule is CC/C=C\C/C=C\C/C=C\C/C=C\C/C=C\C/C=C\C/C=C\C/C=C\C/C=C\C/C=C\C/C=C\C/C=C\CCCCC(=O)OC(COC(=O)CCCCCCCCCCCCCCCCCCCCCCCCCCCCCCCCC)COP(=O)(O)OCC[N+](C)(C)C. The van der Waals surface area contributed by atoms with Gasteiger partial charge in [0.2, 0.25) is 0 Å². The zero-order valence-electron chi connectivity index (χ0n) is 61.4. The quantitative estimate of drug-likeness (QED) is 0.0211. The fourth-order valence-electron chi connectivity index (χ4n) is 10.5. The highest BCUT2D eigenvalue weighted by atomic mass is 31.2. The largest absolute Gasteiger partial charge is 0.472 e. The molecule has 0 rings (SSSR count). The van der Waals surface area contributed by atoms with Crippen LogP contribution in [-0.2, 0) is 32.7 Å². The van der Waals surface area contributed by atoms with Crippen LogP contribution in [0.2, 0.25) is 0 Å². The van der Waals surface area contributed by atoms with E-state index >= 15 is 0 Å². The van der Waals surface area contributed by atoms with Crippen LogP contribution in [0.4, 0.5) is 0 Å². The van der Waals surface area contributed by atoms with Crippen molar-refractivity contribution in [1.82, 2.24) is 0 Å². The van der Waals surface area contributed by atoms with E-state index in [1.165, 1.54) is 180 Å². The number of hydrogen-bond donors (Lipinski definition) is 1. The highest BCUT2D eigenvalue weighted by molar-refractivity contribution is 7.47. The van der Waals surface area contributed by atoms with E-state index in [0.717, 1.165) is 109 Å². The first-order valence-electron chi connectivity index (χ1n) is 38.6. The molecule has 1 N–H and O–H groups in total. The van der Waals surface area contributed by atoms with Crippen LogP contribution < -0.4 is 0 Å². The van der Waals surface area contributed by atoms with Crippen molar-refractivity contribution in [3.8, 4) is 0 Å². The molecule has 94 heavy (non-hydrogen) atoms. The zero-order chi connectivity index (χ0) is 68.3. The second kappa shape index (κ2) is 73.1. The molecule has 0 aliphatic rings. The predicted octanol–water partition coefficient (Wildman–Crippen LogP) is 25.7. The highest BCUT2D eigenvalue weighted by Gasteiger charge is 2.27. The number of hydrogen-bond acceptors (Lipinski definition) is 7. The van der Waals surface area contributed by atoms with Crippen molar-refractivity contribution in [3.05, 3.63) is 146 Å². The van der Waals surface area contributed by atoms with E-state index in [4.69, 9.17) is 18.5 Å². The number of unbranched alkanes of at least 4 members (excludes halogenated alkanes) is 32. The Morgan fingerprint density at radius 3 is 0.904 bits per heavy atom. The predicted molar refractivity (Wildman–Crippen MR) is 408 cm³/mol. The minimum Gasteiger partial charge on any atom is -0.462 e. The molecule has 0 aromatic heterocycles. The summed E-state index contributed by atoms with van der Waals surface area (Å²) < 4.78 is 34.7. The summed E-state index contributed by atoms with van der Waals surface area (Å²) in [6.45, 7) is 4.30. The molecule has 538 valence electrons. The van der Waals surface area contributed by atoms with Crippen molar-refractivity contribution in [2.75, 3.05) is 47.5 Å². The Balaban J connectivity index is 4.13. The van der Waals surface area contributed by atoms with Gasteiger partial charge in [-0.05, 0) is 103 Å². The summed E-state index contributed by atoms with van der Waals surface area (Å²) in [7, 11) is 1.44. The molecule has 9 nitrogen and oxygen atoms in total. The average Bonchev–Trinajstić information content (AvgIpc) is 1.56. The lowest BCUT2D eigenvalue weighted by atomic mass is 10.0. The first-order chi connectivity index (χ1) is 46.0. The molecule has 0 spiro atoms. The smallest absolute Gasteiger partial charge is 0.462 e. The van der Waals surface area contributed by atoms with Crippen LogP contribution in [0.3, 0.4) is 0 Å². The molecule has 0 radical (unpaired) electrons. The molecule has 0 amide bonds. The summed E-state index contributed by atoms with van der Waals surface area (Å²) in [5.74, 6) is -0.846. The molecule has 0 aromatic rings. The summed E-state index contributed by atoms with van der Waals surface area (Å²) in [6, 6.07) is 0. The molecule has 0 saturated heterocycles. The Hall–Kier alpha value is -4.11. The Labute approximate surface area is 580 Å². The number of ether oxygens (including phenoxy) is 2. The lowest BCUT2D eigenvalue weighted by Crippen LogP contribution is -2.37. The van der Waals surface area contributed by atoms with Gasteiger partial charge in [-0.2, -0.15) is 0 Å². The maximum atomic E-state index is 12.9. The van der Waals surface area contributed by atoms with Crippen LogP contribution in [0.25, 0.3) is 0 Å². The van der Waals surface area contributed by atoms with Crippen LogP contribution in [0.15, 0.2) is 146 Å². The van der Waals surface area contributed by atoms with E-state index in [9.17, 15) is 19.0 Å². The number of allylic oxidation sites excluding steroid dienone is 24. The molecule has 2 atom stereocenters. The van der Waals surface area contributed by atoms with Crippen molar-refractivity contribution >= 4 is 19.8 Å². The third-order valence-electron chi connectivity index (χ3n) is 16.4. The van der Waals surface area contributed by atoms with E-state index in [-0.39, 0.29) is 32.0 Å². The lowest BCUT2D eigenvalue weighted by Gasteiger charge is -2.24. The highest BCUT2D eigenvalue weighted by Crippen LogP contribution is 2.43. The molecule has 0 aliphatic heterocycles. The van der Waals surface area contributed by atoms with E-state index in [1.807, 2.05) is 21.1 Å². The van der Waals surface area contributed by atoms with E-state index < -0.39 is 26.5 Å². The molecular formula is C84H145NO8P+. The van der Waals surface area contributed by atoms with Gasteiger partial charge in [-0.25, -0.2) is 4.57 Å². The number of quaternary nitrogens is 1. The van der Waals surface area contributed by atoms with Gasteiger partial charge < -0.3 is 18.9 Å². The average molecular weight is 1330 g/mol. The molecule has 0 aromatic carbocycles. The van der Waals surface area contributed by atoms with Crippen molar-refractivity contribution in [2.24, 2.45) is 0 Å². The minimum absolute atomic E-state index is 0.0172. The summed E-state index contributed by atoms with van der Waals surface area (Å²) in [4.78, 5) is 35.9. The third-order valence-corrected chi connectivity index (χ3v) is 17.4. The van der Waals surface area contributed by atoms with Gasteiger partial charge in [0.1, 0.15) is 19.8 Å². The number of phosphoric ester groups is 1. The fraction of sp³-hybridized carbons (Fsp3) is 0.690. The first kappa shape index (κ1) is 89.9. The lowest BCUT2D eigenvalue weighted by molar-refractivity contribution is -0.870. The second-order valence-corrected chi connectivity index (χ2v) is 28.1. The van der Waals surface area contributed by atoms with Gasteiger partial charge in [0.05, 0.1) is 27.7 Å². The van der Waals surface area contributed by atoms with Crippen LogP contribution in [-0.4, -0.2) is 74.9 Å². The second-order valence-electron chi connectivity index (χ2n) is 26.7. The number of rotatable bonds is 70. The molecule has 10 heteroatoms. The van der Waals surface area contributed by atoms with Crippen molar-refractivity contribution < 1.29 is 42.1 Å². The van der Waals surface area contributed by atoms with Crippen LogP contribution in [0.5, 0.6) is 0 Å². The zero-order valence-corrected chi connectivity index (χ0v) is 62.3. The first-order valence-corrected chi connectivity index (χ1v) is 40.1. The normalized spacial score (nSPS) is 13.9. The monoisotopic (exact) mass is 1330 g/mol. The van der Waals surface area contributed by atoms with Gasteiger partial charge in [-0.15, -0.1) is 0 Å². The van der Waals surface area contributed by atoms with Gasteiger partial charge in [-0.1, -0.05) is 352 Å². The number of phosphoric acid groups is 1. The summed E-state index contributed by atoms with van der Waals surface area (Å²) in [6.07, 6.45) is 108. The van der Waals surface area contributed by atoms with E-state index in [1.54, 1.807) is 0 Å². The maximum absolute atomic E-state index is 12.9. The van der Waals surface area contributed by atoms with Crippen molar-refractivity contribution in [3.63, 3.8) is 0 Å². The van der Waals surface area contributed by atoms with Gasteiger partial charge in [-0.3, -0.25) is 18.6 Å². The fourth-order valence-corrected chi connectivity index (χ4v) is 11.3. The number of carbonyl (C=O) groups excluding carboxylic acids is 2. The standard InChI is InChI=1S/C84H144NO8P/c1-6-8-10-12-14-16-18-20-22-24-26-28-30-32-34-36-38-39-40-41-42-43-44-45-47-49-51-53-55-57-59-61-63-65-67-69-71-73-75-77-84(87)93-82(81-92-94(88,89)91-79-78-85(3,4)5)80-90-83(86)76-74-72-70-68-66-64-62-60-58-56-54-52-50-48-46-37-35-33-31-29-27-25-23-21-19-17-15-13-11-9-7-2/h8,10,14,16,20,22,26,28,32,34,38-39,41-42,44-45,49,51,55,57,61,63,67,69,82H,6-7,9,11-13,15,17-19,21,23-25,27,29-31,33,35-37,40,43,46-48,50,52-54,56,58-60,62,64-66,68,70-81H2,1-5H3/p+1/b10-8-,16-14-,22-20-,28-26-,34-32-,39-38-,42-41-,45-44-,51-49-,57-55-,63-61-,69-67-. The van der Waals surface area contributed by atoms with Crippen LogP contribution in [0, 0.1) is 0 Å². The Kier molecular flexibility index (Phi) is 69.9. The van der Waals surface area contributed by atoms with Gasteiger partial charge in [0.25, 0.3) is 0 Å². The van der Waals surface area contributed by atoms with Gasteiger partial charge in [0, 0.05) is 12.8 Å². The number of nitrogens with zero attached hydrogens (tertiary/aromatic N) is 1. The van der Waals surface area contributed by atoms with E-state index in [0.29, 0.717) is 17.4 Å². The summed E-state index contributed by atoms with van der Waals surface area (Å²) in [5.41, 5.74) is 0. The molecule has 0 aliphatic carbocycles. The minimum atomic E-state index is -4.42. The Morgan fingerprint density at radius 1 is 0.340 bits per heavy atom. The number of likely N-dealkylation sites (N-methyl/N-ethyl adjacent to an activating group) is 1. The van der Waals surface area contributed by atoms with Crippen LogP contribution in [0.1, 0.15) is 322 Å². The van der Waals surface area contributed by atoms with Crippen molar-refractivity contribution in [1.29, 1.82) is 0 Å². The maximum Gasteiger partial charge on any atom is 0.472 e. The van der Waals surface area contributed by atoms with Crippen LogP contribution >= 0.6 is 7.82 Å². The van der Waals surface area contributed by atoms with E-state index in [2.05, 4.69) is 160 Å². The van der Waals surface area contributed by atoms with Crippen molar-refractivity contribution in [2.45, 2.75) is 328 Å². The molecule has 2 unspecified atom stereocenters. The molecular weight excluding hydrogens is 1180 g/mol. The van der Waals surface area contributed by atoms with Gasteiger partial charge >= 0.3 is 19.8 Å². The van der Waals surface area contributed by atoms with Gasteiger partial charge in [0.15, 0.2) is 6.10 Å². The Bertz CT molecular complexity index is 2100. The molecule has 0 heterocycles. The molecule has 0 bridgehead atoms. The summed E-state index contributed by atoms with van der Waals surface area (Å²) in [5, 5.41) is 0. The number of carbonyl (C=O) groups is 2. The topological polar surface area (TPSA) is 108 Å². The summed E-state index contributed by atoms with van der Waals surface area (Å²) >= 11 is 0. The number of esters is 2. The molecule has 0 saturated carbocycles. The third kappa shape index (κ3) is 76.9. The Morgan fingerprint density at radius 2 is 0.606 bits per heavy atom.